The first-order chi connectivity index (χ1) is 17.3. The number of hydrogen-bond donors (Lipinski definition) is 2. The maximum atomic E-state index is 13.2. The van der Waals surface area contributed by atoms with E-state index in [0.717, 1.165) is 23.3 Å². The summed E-state index contributed by atoms with van der Waals surface area (Å²) in [7, 11) is 0. The molecule has 2 aromatic rings. The van der Waals surface area contributed by atoms with Crippen LogP contribution in [0.25, 0.3) is 0 Å². The summed E-state index contributed by atoms with van der Waals surface area (Å²) in [5.41, 5.74) is 1.74. The number of nitrogens with zero attached hydrogens (tertiary/aromatic N) is 4. The fourth-order valence-electron chi connectivity index (χ4n) is 5.09. The van der Waals surface area contributed by atoms with Crippen LogP contribution in [-0.2, 0) is 16.1 Å². The molecule has 3 aliphatic heterocycles. The van der Waals surface area contributed by atoms with Crippen LogP contribution in [0, 0.1) is 0 Å². The molecule has 0 saturated carbocycles. The predicted molar refractivity (Wildman–Crippen MR) is 123 cm³/mol. The minimum absolute atomic E-state index is 0.0597. The number of carbonyl (C=O) groups excluding carboxylic acids is 4. The summed E-state index contributed by atoms with van der Waals surface area (Å²) in [4.78, 5) is 52.6. The van der Waals surface area contributed by atoms with Crippen molar-refractivity contribution in [2.75, 3.05) is 25.0 Å². The Labute approximate surface area is 205 Å². The number of likely N-dealkylation sites (tertiary alicyclic amines) is 1. The third kappa shape index (κ3) is 4.60. The molecule has 2 fully saturated rings. The van der Waals surface area contributed by atoms with E-state index >= 15 is 0 Å². The van der Waals surface area contributed by atoms with E-state index in [9.17, 15) is 28.0 Å². The van der Waals surface area contributed by atoms with Crippen LogP contribution in [0.3, 0.4) is 0 Å². The molecule has 0 bridgehead atoms. The van der Waals surface area contributed by atoms with Crippen molar-refractivity contribution >= 4 is 29.3 Å². The number of hydrogen-bond acceptors (Lipinski definition) is 7. The number of alkyl halides is 2. The zero-order chi connectivity index (χ0) is 25.4. The number of imide groups is 2. The third-order valence-electron chi connectivity index (χ3n) is 6.93. The molecule has 0 radical (unpaired) electrons. The van der Waals surface area contributed by atoms with Crippen molar-refractivity contribution < 1.29 is 28.0 Å². The second kappa shape index (κ2) is 9.76. The standard InChI is InChI=1S/C24H26F2N6O4/c25-19(26)13-30-8-6-15(7-9-30)31-12-14(11-28-31)10-27-17-3-1-2-16-21(17)24(36)32(23(16)35)18-4-5-20(33)29-22(18)34/h1-3,11-12,15,18-19,27H,4-10,13H2,(H,29,33,34). The quantitative estimate of drug-likeness (QED) is 0.557. The first-order valence-corrected chi connectivity index (χ1v) is 11.9. The highest BCUT2D eigenvalue weighted by Crippen LogP contribution is 2.32. The van der Waals surface area contributed by atoms with Crippen LogP contribution in [0.15, 0.2) is 30.6 Å². The molecule has 1 aromatic carbocycles. The number of anilines is 1. The van der Waals surface area contributed by atoms with Crippen molar-refractivity contribution in [2.24, 2.45) is 0 Å². The van der Waals surface area contributed by atoms with E-state index in [1.807, 2.05) is 10.9 Å². The number of benzene rings is 1. The van der Waals surface area contributed by atoms with Gasteiger partial charge in [-0.3, -0.25) is 39.0 Å². The normalized spacial score (nSPS) is 21.3. The summed E-state index contributed by atoms with van der Waals surface area (Å²) in [6.45, 7) is 1.34. The molecule has 4 amide bonds. The van der Waals surface area contributed by atoms with Crippen LogP contribution in [0.1, 0.15) is 58.0 Å². The van der Waals surface area contributed by atoms with Crippen LogP contribution in [0.2, 0.25) is 0 Å². The van der Waals surface area contributed by atoms with Gasteiger partial charge in [0.05, 0.1) is 29.9 Å². The molecule has 0 aliphatic carbocycles. The summed E-state index contributed by atoms with van der Waals surface area (Å²) in [5, 5.41) is 9.82. The number of fused-ring (bicyclic) bond motifs is 1. The first-order valence-electron chi connectivity index (χ1n) is 11.9. The summed E-state index contributed by atoms with van der Waals surface area (Å²) in [5.74, 6) is -2.20. The van der Waals surface area contributed by atoms with Crippen molar-refractivity contribution in [2.45, 2.75) is 50.7 Å². The van der Waals surface area contributed by atoms with E-state index in [4.69, 9.17) is 0 Å². The highest BCUT2D eigenvalue weighted by molar-refractivity contribution is 6.25. The number of aromatic nitrogens is 2. The van der Waals surface area contributed by atoms with E-state index in [-0.39, 0.29) is 36.6 Å². The lowest BCUT2D eigenvalue weighted by atomic mass is 10.0. The molecule has 12 heteroatoms. The number of halogens is 2. The highest BCUT2D eigenvalue weighted by atomic mass is 19.3. The van der Waals surface area contributed by atoms with Gasteiger partial charge in [0.25, 0.3) is 18.2 Å². The fourth-order valence-corrected chi connectivity index (χ4v) is 5.09. The molecule has 1 unspecified atom stereocenters. The monoisotopic (exact) mass is 500 g/mol. The van der Waals surface area contributed by atoms with Crippen LogP contribution in [0.5, 0.6) is 0 Å². The molecule has 3 aliphatic rings. The minimum atomic E-state index is -2.33. The fraction of sp³-hybridized carbons (Fsp3) is 0.458. The van der Waals surface area contributed by atoms with Gasteiger partial charge in [0.2, 0.25) is 11.8 Å². The summed E-state index contributed by atoms with van der Waals surface area (Å²) < 4.78 is 27.1. The molecular formula is C24H26F2N6O4. The molecule has 5 rings (SSSR count). The first kappa shape index (κ1) is 24.0. The second-order valence-corrected chi connectivity index (χ2v) is 9.28. The molecule has 1 aromatic heterocycles. The number of piperidine rings is 2. The lowest BCUT2D eigenvalue weighted by Crippen LogP contribution is -2.54. The smallest absolute Gasteiger partial charge is 0.264 e. The van der Waals surface area contributed by atoms with Crippen molar-refractivity contribution in [3.8, 4) is 0 Å². The van der Waals surface area contributed by atoms with Crippen molar-refractivity contribution in [1.82, 2.24) is 24.9 Å². The summed E-state index contributed by atoms with van der Waals surface area (Å²) in [6, 6.07) is 4.02. The van der Waals surface area contributed by atoms with Crippen LogP contribution in [0.4, 0.5) is 14.5 Å². The third-order valence-corrected chi connectivity index (χ3v) is 6.93. The number of carbonyl (C=O) groups is 4. The maximum absolute atomic E-state index is 13.2. The topological polar surface area (TPSA) is 117 Å². The lowest BCUT2D eigenvalue weighted by molar-refractivity contribution is -0.136. The predicted octanol–water partition coefficient (Wildman–Crippen LogP) is 1.80. The van der Waals surface area contributed by atoms with Gasteiger partial charge in [0.1, 0.15) is 6.04 Å². The molecule has 2 N–H and O–H groups in total. The SMILES string of the molecule is O=C1CCC(N2C(=O)c3cccc(NCc4cnn(C5CCN(CC(F)F)CC5)c4)c3C2=O)C(=O)N1. The van der Waals surface area contributed by atoms with Crippen molar-refractivity contribution in [1.29, 1.82) is 0 Å². The Balaban J connectivity index is 1.25. The van der Waals surface area contributed by atoms with Gasteiger partial charge < -0.3 is 5.32 Å². The summed E-state index contributed by atoms with van der Waals surface area (Å²) in [6.07, 6.45) is 2.90. The Kier molecular flexibility index (Phi) is 6.52. The minimum Gasteiger partial charge on any atom is -0.380 e. The number of nitrogens with one attached hydrogen (secondary N) is 2. The van der Waals surface area contributed by atoms with Crippen LogP contribution >= 0.6 is 0 Å². The lowest BCUT2D eigenvalue weighted by Gasteiger charge is -2.31. The Morgan fingerprint density at radius 1 is 1.08 bits per heavy atom. The van der Waals surface area contributed by atoms with Gasteiger partial charge in [-0.25, -0.2) is 8.78 Å². The molecule has 36 heavy (non-hydrogen) atoms. The van der Waals surface area contributed by atoms with E-state index in [1.165, 1.54) is 0 Å². The Morgan fingerprint density at radius 2 is 1.86 bits per heavy atom. The molecule has 2 saturated heterocycles. The van der Waals surface area contributed by atoms with Crippen molar-refractivity contribution in [3.63, 3.8) is 0 Å². The Bertz CT molecular complexity index is 1210. The zero-order valence-electron chi connectivity index (χ0n) is 19.5. The van der Waals surface area contributed by atoms with E-state index in [0.29, 0.717) is 25.3 Å². The van der Waals surface area contributed by atoms with Gasteiger partial charge in [-0.1, -0.05) is 6.07 Å². The maximum Gasteiger partial charge on any atom is 0.264 e. The molecule has 0 spiro atoms. The average molecular weight is 501 g/mol. The number of rotatable bonds is 7. The van der Waals surface area contributed by atoms with Gasteiger partial charge in [-0.05, 0) is 31.4 Å². The largest absolute Gasteiger partial charge is 0.380 e. The molecule has 1 atom stereocenters. The summed E-state index contributed by atoms with van der Waals surface area (Å²) >= 11 is 0. The van der Waals surface area contributed by atoms with E-state index in [1.54, 1.807) is 29.3 Å². The van der Waals surface area contributed by atoms with Gasteiger partial charge in [-0.15, -0.1) is 0 Å². The van der Waals surface area contributed by atoms with Crippen LogP contribution in [-0.4, -0.2) is 75.3 Å². The van der Waals surface area contributed by atoms with E-state index in [2.05, 4.69) is 15.7 Å². The van der Waals surface area contributed by atoms with Crippen LogP contribution < -0.4 is 10.6 Å². The average Bonchev–Trinajstić information content (AvgIpc) is 3.42. The second-order valence-electron chi connectivity index (χ2n) is 9.28. The molecule has 4 heterocycles. The van der Waals surface area contributed by atoms with Crippen molar-refractivity contribution in [3.05, 3.63) is 47.3 Å². The highest BCUT2D eigenvalue weighted by Gasteiger charge is 2.45. The molecule has 190 valence electrons. The Hall–Kier alpha value is -3.67. The molecular weight excluding hydrogens is 474 g/mol. The van der Waals surface area contributed by atoms with Gasteiger partial charge in [0, 0.05) is 43.5 Å². The Morgan fingerprint density at radius 3 is 2.58 bits per heavy atom. The van der Waals surface area contributed by atoms with Gasteiger partial charge in [0.15, 0.2) is 0 Å². The zero-order valence-corrected chi connectivity index (χ0v) is 19.5. The van der Waals surface area contributed by atoms with Gasteiger partial charge >= 0.3 is 0 Å². The number of amides is 4. The van der Waals surface area contributed by atoms with E-state index < -0.39 is 36.1 Å². The molecule has 10 nitrogen and oxygen atoms in total. The van der Waals surface area contributed by atoms with Gasteiger partial charge in [-0.2, -0.15) is 5.10 Å².